The Morgan fingerprint density at radius 3 is 1.56 bits per heavy atom. The van der Waals surface area contributed by atoms with Crippen molar-refractivity contribution in [3.8, 4) is 0 Å². The molecule has 0 atom stereocenters. The molecule has 0 heterocycles. The molecule has 0 radical (unpaired) electrons. The van der Waals surface area contributed by atoms with Gasteiger partial charge in [0, 0.05) is 0 Å². The zero-order valence-corrected chi connectivity index (χ0v) is 4.77. The quantitative estimate of drug-likeness (QED) is 0.203. The average Bonchev–Trinajstić information content (AvgIpc) is 1.67. The Hall–Kier alpha value is -0.690. The van der Waals surface area contributed by atoms with Gasteiger partial charge in [0.05, 0.1) is 0 Å². The van der Waals surface area contributed by atoms with Crippen LogP contribution in [0.4, 0.5) is 0 Å². The number of hydrogen-bond donors (Lipinski definition) is 5. The highest BCUT2D eigenvalue weighted by Crippen LogP contribution is 1.77. The van der Waals surface area contributed by atoms with Crippen molar-refractivity contribution in [3.63, 3.8) is 0 Å². The van der Waals surface area contributed by atoms with Crippen molar-refractivity contribution in [1.29, 1.82) is 0 Å². The number of carboxylic acid groups (broad SMARTS) is 1. The molecule has 0 amide bonds. The molecular weight excluding hydrogens is 130 g/mol. The lowest BCUT2D eigenvalue weighted by Crippen LogP contribution is -2.41. The van der Waals surface area contributed by atoms with Crippen LogP contribution in [-0.4, -0.2) is 40.0 Å². The summed E-state index contributed by atoms with van der Waals surface area (Å²) in [6.07, 6.45) is -2.71. The van der Waals surface area contributed by atoms with E-state index in [9.17, 15) is 0 Å². The maximum absolute atomic E-state index is 8.36. The third kappa shape index (κ3) is 38.6. The fraction of sp³-hybridized carbons (Fsp3) is 0.667. The van der Waals surface area contributed by atoms with Crippen LogP contribution in [0.15, 0.2) is 0 Å². The Morgan fingerprint density at radius 2 is 1.56 bits per heavy atom. The first kappa shape index (κ1) is 11.2. The van der Waals surface area contributed by atoms with Crippen molar-refractivity contribution in [3.05, 3.63) is 0 Å². The molecule has 0 aliphatic heterocycles. The second kappa shape index (κ2) is 5.45. The smallest absolute Gasteiger partial charge is 0.342 e. The lowest BCUT2D eigenvalue weighted by atomic mass is 10.9. The molecule has 0 bridgehead atoms. The predicted molar refractivity (Wildman–Crippen MR) is 27.1 cm³/mol. The van der Waals surface area contributed by atoms with Crippen LogP contribution in [0.25, 0.3) is 0 Å². The minimum Gasteiger partial charge on any atom is -0.483 e. The minimum atomic E-state index is -2.71. The molecule has 56 valence electrons. The first-order chi connectivity index (χ1) is 3.97. The van der Waals surface area contributed by atoms with Crippen molar-refractivity contribution < 1.29 is 25.2 Å². The first-order valence-electron chi connectivity index (χ1n) is 1.91. The molecule has 0 spiro atoms. The third-order valence-electron chi connectivity index (χ3n) is 0.335. The Kier molecular flexibility index (Phi) is 6.75. The fourth-order valence-electron chi connectivity index (χ4n) is 0. The van der Waals surface area contributed by atoms with E-state index in [4.69, 9.17) is 25.2 Å². The summed E-state index contributed by atoms with van der Waals surface area (Å²) in [5.41, 5.74) is 0. The number of nitrogens with one attached hydrogen (secondary N) is 1. The average molecular weight is 139 g/mol. The monoisotopic (exact) mass is 139 g/mol. The summed E-state index contributed by atoms with van der Waals surface area (Å²) < 4.78 is 0. The largest absolute Gasteiger partial charge is 0.483 e. The molecule has 0 aromatic heterocycles. The maximum atomic E-state index is 8.36. The van der Waals surface area contributed by atoms with Crippen LogP contribution in [0.5, 0.6) is 0 Å². The summed E-state index contributed by atoms with van der Waals surface area (Å²) in [5.74, 6) is 0. The summed E-state index contributed by atoms with van der Waals surface area (Å²) in [6, 6.07) is 0. The van der Waals surface area contributed by atoms with Crippen LogP contribution in [0.3, 0.4) is 0 Å². The molecule has 6 nitrogen and oxygen atoms in total. The van der Waals surface area contributed by atoms with Gasteiger partial charge in [0.15, 0.2) is 0 Å². The van der Waals surface area contributed by atoms with Crippen LogP contribution >= 0.6 is 0 Å². The second-order valence-corrected chi connectivity index (χ2v) is 0.991. The molecule has 0 saturated carbocycles. The SMILES string of the molecule is CNC(O)(O)O.O=CO. The zero-order valence-electron chi connectivity index (χ0n) is 4.77. The highest BCUT2D eigenvalue weighted by atomic mass is 16.7. The number of aliphatic hydroxyl groups is 3. The molecule has 9 heavy (non-hydrogen) atoms. The van der Waals surface area contributed by atoms with E-state index in [1.54, 1.807) is 5.32 Å². The van der Waals surface area contributed by atoms with E-state index in [0.29, 0.717) is 0 Å². The molecule has 0 fully saturated rings. The molecule has 0 aliphatic rings. The van der Waals surface area contributed by atoms with E-state index in [1.807, 2.05) is 0 Å². The molecule has 0 aromatic rings. The van der Waals surface area contributed by atoms with E-state index in [2.05, 4.69) is 0 Å². The predicted octanol–water partition coefficient (Wildman–Crippen LogP) is -2.51. The minimum absolute atomic E-state index is 0.250. The topological polar surface area (TPSA) is 110 Å². The van der Waals surface area contributed by atoms with Gasteiger partial charge in [-0.3, -0.25) is 4.79 Å². The molecule has 6 heteroatoms. The van der Waals surface area contributed by atoms with Crippen LogP contribution in [0, 0.1) is 0 Å². The Labute approximate surface area is 51.4 Å². The van der Waals surface area contributed by atoms with E-state index in [0.717, 1.165) is 0 Å². The summed E-state index contributed by atoms with van der Waals surface area (Å²) in [7, 11) is 1.21. The van der Waals surface area contributed by atoms with Crippen LogP contribution in [0.1, 0.15) is 0 Å². The van der Waals surface area contributed by atoms with Crippen molar-refractivity contribution in [2.75, 3.05) is 7.05 Å². The van der Waals surface area contributed by atoms with Crippen molar-refractivity contribution >= 4 is 6.47 Å². The highest BCUT2D eigenvalue weighted by Gasteiger charge is 2.11. The fourth-order valence-corrected chi connectivity index (χ4v) is 0. The summed E-state index contributed by atoms with van der Waals surface area (Å²) in [6.45, 7) is -0.250. The summed E-state index contributed by atoms with van der Waals surface area (Å²) in [5, 5.41) is 32.1. The Balaban J connectivity index is 0. The van der Waals surface area contributed by atoms with E-state index >= 15 is 0 Å². The maximum Gasteiger partial charge on any atom is 0.342 e. The number of carbonyl (C=O) groups is 1. The molecule has 5 N–H and O–H groups in total. The molecule has 0 aromatic carbocycles. The highest BCUT2D eigenvalue weighted by molar-refractivity contribution is 5.32. The zero-order chi connectivity index (χ0) is 7.91. The molecule has 0 aliphatic carbocycles. The standard InChI is InChI=1S/C2H7NO3.CH2O2/c1-3-2(4,5)6;2-1-3/h3-6H,1H3;1H,(H,2,3). The molecule has 0 unspecified atom stereocenters. The Bertz CT molecular complexity index is 67.1. The summed E-state index contributed by atoms with van der Waals surface area (Å²) >= 11 is 0. The normalized spacial score (nSPS) is 9.33. The van der Waals surface area contributed by atoms with Gasteiger partial charge in [-0.05, 0) is 7.05 Å². The molecule has 0 rings (SSSR count). The van der Waals surface area contributed by atoms with Crippen LogP contribution < -0.4 is 5.32 Å². The van der Waals surface area contributed by atoms with Crippen molar-refractivity contribution in [2.24, 2.45) is 0 Å². The van der Waals surface area contributed by atoms with Gasteiger partial charge in [-0.1, -0.05) is 0 Å². The van der Waals surface area contributed by atoms with Gasteiger partial charge in [-0.15, -0.1) is 0 Å². The van der Waals surface area contributed by atoms with E-state index in [-0.39, 0.29) is 6.47 Å². The van der Waals surface area contributed by atoms with Gasteiger partial charge in [0.1, 0.15) is 0 Å². The van der Waals surface area contributed by atoms with Gasteiger partial charge in [0.2, 0.25) is 0 Å². The molecular formula is C3H9NO5. The third-order valence-corrected chi connectivity index (χ3v) is 0.335. The van der Waals surface area contributed by atoms with E-state index < -0.39 is 6.10 Å². The summed E-state index contributed by atoms with van der Waals surface area (Å²) in [4.78, 5) is 8.36. The van der Waals surface area contributed by atoms with Crippen molar-refractivity contribution in [1.82, 2.24) is 5.32 Å². The second-order valence-electron chi connectivity index (χ2n) is 0.991. The Morgan fingerprint density at radius 1 is 1.44 bits per heavy atom. The van der Waals surface area contributed by atoms with Crippen LogP contribution in [0.2, 0.25) is 0 Å². The molecule has 0 saturated heterocycles. The first-order valence-corrected chi connectivity index (χ1v) is 1.91. The van der Waals surface area contributed by atoms with E-state index in [1.165, 1.54) is 7.05 Å². The van der Waals surface area contributed by atoms with Gasteiger partial charge < -0.3 is 20.4 Å². The van der Waals surface area contributed by atoms with Crippen LogP contribution in [-0.2, 0) is 4.79 Å². The van der Waals surface area contributed by atoms with Gasteiger partial charge in [-0.25, -0.2) is 5.32 Å². The number of rotatable bonds is 1. The van der Waals surface area contributed by atoms with Gasteiger partial charge in [-0.2, -0.15) is 0 Å². The number of hydrogen-bond acceptors (Lipinski definition) is 5. The van der Waals surface area contributed by atoms with Gasteiger partial charge >= 0.3 is 6.10 Å². The van der Waals surface area contributed by atoms with Gasteiger partial charge in [0.25, 0.3) is 6.47 Å². The van der Waals surface area contributed by atoms with Crippen molar-refractivity contribution in [2.45, 2.75) is 6.10 Å². The lowest BCUT2D eigenvalue weighted by molar-refractivity contribution is -0.328. The lowest BCUT2D eigenvalue weighted by Gasteiger charge is -2.09.